The molecule has 4 N–H and O–H groups in total. The van der Waals surface area contributed by atoms with Crippen LogP contribution < -0.4 is 21.3 Å². The topological polar surface area (TPSA) is 140 Å². The van der Waals surface area contributed by atoms with Crippen LogP contribution in [-0.4, -0.2) is 59.4 Å². The molecule has 5 atom stereocenters. The van der Waals surface area contributed by atoms with E-state index in [9.17, 15) is 46.4 Å². The average molecular weight is 550 g/mol. The highest BCUT2D eigenvalue weighted by Crippen LogP contribution is 2.62. The van der Waals surface area contributed by atoms with Crippen LogP contribution >= 0.6 is 0 Å². The zero-order valence-electron chi connectivity index (χ0n) is 21.5. The molecule has 2 saturated carbocycles. The fourth-order valence-corrected chi connectivity index (χ4v) is 4.82. The van der Waals surface area contributed by atoms with Crippen molar-refractivity contribution in [3.05, 3.63) is 0 Å². The van der Waals surface area contributed by atoms with Crippen molar-refractivity contribution in [2.24, 2.45) is 16.7 Å². The molecule has 212 valence electrons. The first-order valence-electron chi connectivity index (χ1n) is 12.3. The second-order valence-corrected chi connectivity index (χ2v) is 12.1. The standard InChI is InChI=1S/C24H32F5N5O4/c1-20(2,3)15(33-19(38)24(27,28)29)18(37)32-14(9-21(4)11-23(21,25)26)17(36)31-13(10-30)7-12-8-22(5-6-22)34-16(12)35/h12-15H,5-9,11H2,1-4H3,(H,31,36)(H,32,37)(H,33,38)(H,34,35)/t12-,13+,14+,15-,21?/m1/s1. The third-order valence-corrected chi connectivity index (χ3v) is 7.56. The van der Waals surface area contributed by atoms with Gasteiger partial charge in [-0.05, 0) is 37.5 Å². The normalized spacial score (nSPS) is 27.4. The van der Waals surface area contributed by atoms with Gasteiger partial charge in [0.25, 0.3) is 5.92 Å². The van der Waals surface area contributed by atoms with Gasteiger partial charge in [-0.2, -0.15) is 18.4 Å². The molecule has 0 aromatic rings. The Labute approximate surface area is 216 Å². The number of nitrogens with one attached hydrogen (secondary N) is 4. The van der Waals surface area contributed by atoms with Crippen LogP contribution in [0.25, 0.3) is 0 Å². The maximum atomic E-state index is 14.0. The minimum absolute atomic E-state index is 0.0316. The van der Waals surface area contributed by atoms with Crippen molar-refractivity contribution in [2.75, 3.05) is 0 Å². The summed E-state index contributed by atoms with van der Waals surface area (Å²) in [5.41, 5.74) is -3.18. The number of hydrogen-bond donors (Lipinski definition) is 4. The average Bonchev–Trinajstić information content (AvgIpc) is 3.58. The van der Waals surface area contributed by atoms with Gasteiger partial charge in [-0.3, -0.25) is 19.2 Å². The van der Waals surface area contributed by atoms with Gasteiger partial charge >= 0.3 is 12.1 Å². The molecule has 0 aromatic carbocycles. The molecule has 2 aliphatic carbocycles. The highest BCUT2D eigenvalue weighted by molar-refractivity contribution is 5.93. The quantitative estimate of drug-likeness (QED) is 0.326. The van der Waals surface area contributed by atoms with Crippen molar-refractivity contribution >= 4 is 23.6 Å². The Morgan fingerprint density at radius 1 is 1.11 bits per heavy atom. The second-order valence-electron chi connectivity index (χ2n) is 12.1. The maximum absolute atomic E-state index is 14.0. The predicted molar refractivity (Wildman–Crippen MR) is 122 cm³/mol. The van der Waals surface area contributed by atoms with Gasteiger partial charge < -0.3 is 21.3 Å². The molecule has 4 amide bonds. The molecule has 14 heteroatoms. The van der Waals surface area contributed by atoms with E-state index in [2.05, 4.69) is 16.0 Å². The molecule has 0 radical (unpaired) electrons. The summed E-state index contributed by atoms with van der Waals surface area (Å²) in [6.07, 6.45) is -4.31. The summed E-state index contributed by atoms with van der Waals surface area (Å²) < 4.78 is 66.5. The second kappa shape index (κ2) is 9.64. The van der Waals surface area contributed by atoms with Crippen molar-refractivity contribution < 1.29 is 41.1 Å². The predicted octanol–water partition coefficient (Wildman–Crippen LogP) is 2.07. The van der Waals surface area contributed by atoms with Crippen LogP contribution in [0.5, 0.6) is 0 Å². The Bertz CT molecular complexity index is 1050. The Kier molecular flexibility index (Phi) is 7.51. The number of hydrogen-bond acceptors (Lipinski definition) is 5. The Balaban J connectivity index is 1.75. The van der Waals surface area contributed by atoms with Crippen LogP contribution in [0, 0.1) is 28.1 Å². The van der Waals surface area contributed by atoms with Crippen LogP contribution in [0.1, 0.15) is 66.2 Å². The van der Waals surface area contributed by atoms with Crippen molar-refractivity contribution in [2.45, 2.75) is 102 Å². The molecule has 3 aliphatic rings. The highest BCUT2D eigenvalue weighted by atomic mass is 19.4. The monoisotopic (exact) mass is 549 g/mol. The van der Waals surface area contributed by atoms with Crippen LogP contribution in [0.15, 0.2) is 0 Å². The lowest BCUT2D eigenvalue weighted by Crippen LogP contribution is -2.60. The van der Waals surface area contributed by atoms with E-state index < -0.39 is 77.5 Å². The van der Waals surface area contributed by atoms with Crippen molar-refractivity contribution in [1.82, 2.24) is 21.3 Å². The summed E-state index contributed by atoms with van der Waals surface area (Å²) in [5.74, 6) is -8.46. The molecule has 3 rings (SSSR count). The van der Waals surface area contributed by atoms with Crippen molar-refractivity contribution in [3.8, 4) is 6.07 Å². The highest BCUT2D eigenvalue weighted by Gasteiger charge is 2.68. The number of carbonyl (C=O) groups excluding carboxylic acids is 4. The number of rotatable bonds is 9. The van der Waals surface area contributed by atoms with Crippen LogP contribution in [-0.2, 0) is 19.2 Å². The summed E-state index contributed by atoms with van der Waals surface area (Å²) in [4.78, 5) is 49.9. The van der Waals surface area contributed by atoms with E-state index in [1.165, 1.54) is 27.7 Å². The number of nitrogens with zero attached hydrogens (tertiary/aromatic N) is 1. The number of nitriles is 1. The lowest BCUT2D eigenvalue weighted by molar-refractivity contribution is -0.175. The van der Waals surface area contributed by atoms with E-state index >= 15 is 0 Å². The molecule has 0 aromatic heterocycles. The van der Waals surface area contributed by atoms with E-state index in [4.69, 9.17) is 0 Å². The molecule has 3 fully saturated rings. The lowest BCUT2D eigenvalue weighted by atomic mass is 9.85. The van der Waals surface area contributed by atoms with Gasteiger partial charge in [0.1, 0.15) is 18.1 Å². The summed E-state index contributed by atoms with van der Waals surface area (Å²) in [6, 6.07) is -2.72. The molecule has 1 aliphatic heterocycles. The van der Waals surface area contributed by atoms with Gasteiger partial charge in [0.2, 0.25) is 17.7 Å². The number of amides is 4. The van der Waals surface area contributed by atoms with Gasteiger partial charge in [0, 0.05) is 23.3 Å². The Morgan fingerprint density at radius 3 is 2.11 bits per heavy atom. The van der Waals surface area contributed by atoms with Gasteiger partial charge in [-0.25, -0.2) is 8.78 Å². The van der Waals surface area contributed by atoms with Gasteiger partial charge in [-0.1, -0.05) is 27.7 Å². The van der Waals surface area contributed by atoms with E-state index in [0.717, 1.165) is 12.8 Å². The summed E-state index contributed by atoms with van der Waals surface area (Å²) in [7, 11) is 0. The maximum Gasteiger partial charge on any atom is 0.471 e. The SMILES string of the molecule is CC(C)(C)[C@H](NC(=O)C(F)(F)F)C(=O)N[C@@H](CC1(C)CC1(F)F)C(=O)N[C@H](C#N)C[C@@H]1CC2(CC2)NC1=O. The minimum atomic E-state index is -5.28. The first-order valence-corrected chi connectivity index (χ1v) is 12.3. The molecular weight excluding hydrogens is 517 g/mol. The summed E-state index contributed by atoms with van der Waals surface area (Å²) in [5, 5.41) is 18.6. The van der Waals surface area contributed by atoms with E-state index in [1.54, 1.807) is 5.32 Å². The number of alkyl halides is 5. The Hall–Kier alpha value is -2.98. The van der Waals surface area contributed by atoms with E-state index in [1.807, 2.05) is 6.07 Å². The largest absolute Gasteiger partial charge is 0.471 e. The summed E-state index contributed by atoms with van der Waals surface area (Å²) >= 11 is 0. The zero-order valence-corrected chi connectivity index (χ0v) is 21.5. The van der Waals surface area contributed by atoms with Crippen molar-refractivity contribution in [3.63, 3.8) is 0 Å². The smallest absolute Gasteiger partial charge is 0.350 e. The third kappa shape index (κ3) is 6.53. The van der Waals surface area contributed by atoms with Crippen LogP contribution in [0.3, 0.4) is 0 Å². The molecule has 1 heterocycles. The van der Waals surface area contributed by atoms with Gasteiger partial charge in [0.05, 0.1) is 6.07 Å². The molecule has 1 unspecified atom stereocenters. The molecule has 38 heavy (non-hydrogen) atoms. The molecule has 0 bridgehead atoms. The fraction of sp³-hybridized carbons (Fsp3) is 0.792. The fourth-order valence-electron chi connectivity index (χ4n) is 4.82. The summed E-state index contributed by atoms with van der Waals surface area (Å²) in [6.45, 7) is 5.34. The first-order chi connectivity index (χ1) is 17.2. The van der Waals surface area contributed by atoms with Gasteiger partial charge in [-0.15, -0.1) is 0 Å². The van der Waals surface area contributed by atoms with Crippen molar-refractivity contribution in [1.29, 1.82) is 5.26 Å². The Morgan fingerprint density at radius 2 is 1.68 bits per heavy atom. The van der Waals surface area contributed by atoms with Crippen LogP contribution in [0.4, 0.5) is 22.0 Å². The van der Waals surface area contributed by atoms with Gasteiger partial charge in [0.15, 0.2) is 0 Å². The van der Waals surface area contributed by atoms with Crippen LogP contribution in [0.2, 0.25) is 0 Å². The number of carbonyl (C=O) groups is 4. The molecular formula is C24H32F5N5O4. The first kappa shape index (κ1) is 29.6. The molecule has 9 nitrogen and oxygen atoms in total. The third-order valence-electron chi connectivity index (χ3n) is 7.56. The molecule has 1 saturated heterocycles. The lowest BCUT2D eigenvalue weighted by Gasteiger charge is -2.32. The minimum Gasteiger partial charge on any atom is -0.350 e. The number of halogens is 5. The van der Waals surface area contributed by atoms with E-state index in [-0.39, 0.29) is 17.9 Å². The zero-order chi connectivity index (χ0) is 28.9. The van der Waals surface area contributed by atoms with E-state index in [0.29, 0.717) is 6.42 Å². The molecule has 1 spiro atoms.